The summed E-state index contributed by atoms with van der Waals surface area (Å²) in [6, 6.07) is 0.497. The second-order valence-corrected chi connectivity index (χ2v) is 21.2. The molecule has 296 valence electrons. The maximum absolute atomic E-state index is 12.5. The van der Waals surface area contributed by atoms with Crippen LogP contribution in [-0.2, 0) is 23.7 Å². The van der Waals surface area contributed by atoms with E-state index in [0.29, 0.717) is 60.0 Å². The van der Waals surface area contributed by atoms with Gasteiger partial charge in [-0.3, -0.25) is 15.0 Å². The van der Waals surface area contributed by atoms with Crippen molar-refractivity contribution in [1.29, 1.82) is 0 Å². The van der Waals surface area contributed by atoms with Crippen molar-refractivity contribution in [2.24, 2.45) is 51.2 Å². The van der Waals surface area contributed by atoms with Gasteiger partial charge in [0.05, 0.1) is 50.2 Å². The number of aliphatic hydroxyl groups excluding tert-OH is 1. The molecule has 5 unspecified atom stereocenters. The molecule has 7 fully saturated rings. The lowest BCUT2D eigenvalue weighted by atomic mass is 9.46. The number of aliphatic hydroxyl groups is 2. The van der Waals surface area contributed by atoms with Crippen LogP contribution in [0.1, 0.15) is 106 Å². The van der Waals surface area contributed by atoms with E-state index in [2.05, 4.69) is 32.6 Å². The fraction of sp³-hybridized carbons (Fsp3) is 0.949. The van der Waals surface area contributed by atoms with E-state index < -0.39 is 27.5 Å². The van der Waals surface area contributed by atoms with Crippen LogP contribution in [0.25, 0.3) is 0 Å². The monoisotopic (exact) mass is 790 g/mol. The Balaban J connectivity index is 0.993. The number of fused-ring (bicyclic) bond motifs is 2. The zero-order chi connectivity index (χ0) is 37.6. The van der Waals surface area contributed by atoms with Crippen LogP contribution in [-0.4, -0.2) is 100 Å². The minimum absolute atomic E-state index is 0.0242. The number of carbonyl (C=O) groups excluding carboxylic acids is 2. The molecule has 12 atom stereocenters. The van der Waals surface area contributed by atoms with Crippen molar-refractivity contribution in [2.75, 3.05) is 32.9 Å². The first kappa shape index (κ1) is 39.8. The van der Waals surface area contributed by atoms with Crippen LogP contribution in [0.3, 0.4) is 0 Å². The largest absolute Gasteiger partial charge is 0.443 e. The summed E-state index contributed by atoms with van der Waals surface area (Å²) in [6.07, 6.45) is 7.29. The SMILES string of the molecule is C[C@@H]1C23CC[C@H](OC4CN(C5COC5)CCO4)C(C)(C)C2CC[C@H]2C4C[C@@H](O)C(CCC[C@H](OC(=O)NC(=O)C(Cl)(Cl)Cl)C(C)(C)O)[C@@]4(C)CC[C@]123. The lowest BCUT2D eigenvalue weighted by Crippen LogP contribution is -2.58. The third kappa shape index (κ3) is 6.46. The highest BCUT2D eigenvalue weighted by Gasteiger charge is 2.84. The molecule has 13 heteroatoms. The number of hydrogen-bond acceptors (Lipinski definition) is 9. The van der Waals surface area contributed by atoms with Gasteiger partial charge in [0.2, 0.25) is 0 Å². The van der Waals surface area contributed by atoms with Gasteiger partial charge in [0.15, 0.2) is 6.29 Å². The molecule has 2 heterocycles. The van der Waals surface area contributed by atoms with E-state index >= 15 is 0 Å². The normalized spacial score (nSPS) is 43.6. The average Bonchev–Trinajstić information content (AvgIpc) is 3.44. The van der Waals surface area contributed by atoms with Crippen molar-refractivity contribution in [3.63, 3.8) is 0 Å². The Morgan fingerprint density at radius 3 is 2.42 bits per heavy atom. The molecule has 10 nitrogen and oxygen atoms in total. The van der Waals surface area contributed by atoms with Gasteiger partial charge >= 0.3 is 6.09 Å². The summed E-state index contributed by atoms with van der Waals surface area (Å²) in [5.74, 6) is 1.36. The van der Waals surface area contributed by atoms with Gasteiger partial charge < -0.3 is 29.2 Å². The van der Waals surface area contributed by atoms with Gasteiger partial charge in [-0.2, -0.15) is 0 Å². The topological polar surface area (TPSA) is 127 Å². The van der Waals surface area contributed by atoms with Gasteiger partial charge in [-0.15, -0.1) is 0 Å². The van der Waals surface area contributed by atoms with Crippen LogP contribution in [0.2, 0.25) is 0 Å². The molecule has 0 aromatic carbocycles. The number of halogens is 3. The van der Waals surface area contributed by atoms with Gasteiger partial charge in [-0.25, -0.2) is 4.79 Å². The molecule has 5 saturated carbocycles. The van der Waals surface area contributed by atoms with E-state index in [-0.39, 0.29) is 35.2 Å². The lowest BCUT2D eigenvalue weighted by Gasteiger charge is -2.59. The lowest BCUT2D eigenvalue weighted by molar-refractivity contribution is -0.253. The second kappa shape index (κ2) is 13.9. The predicted octanol–water partition coefficient (Wildman–Crippen LogP) is 6.63. The van der Waals surface area contributed by atoms with E-state index in [1.165, 1.54) is 25.7 Å². The fourth-order valence-electron chi connectivity index (χ4n) is 13.6. The van der Waals surface area contributed by atoms with Crippen LogP contribution in [0.15, 0.2) is 0 Å². The molecule has 0 radical (unpaired) electrons. The highest BCUT2D eigenvalue weighted by Crippen LogP contribution is 2.89. The smallest absolute Gasteiger partial charge is 0.414 e. The van der Waals surface area contributed by atoms with Crippen LogP contribution >= 0.6 is 34.8 Å². The highest BCUT2D eigenvalue weighted by molar-refractivity contribution is 6.76. The number of ether oxygens (including phenoxy) is 4. The number of carbonyl (C=O) groups is 2. The summed E-state index contributed by atoms with van der Waals surface area (Å²) in [5.41, 5.74) is -0.621. The molecule has 5 aliphatic carbocycles. The molecule has 0 aromatic heterocycles. The van der Waals surface area contributed by atoms with Gasteiger partial charge in [-0.05, 0) is 129 Å². The van der Waals surface area contributed by atoms with Crippen molar-refractivity contribution in [2.45, 2.75) is 146 Å². The minimum Gasteiger partial charge on any atom is -0.443 e. The summed E-state index contributed by atoms with van der Waals surface area (Å²) in [4.78, 5) is 26.9. The molecule has 2 amide bonds. The highest BCUT2D eigenvalue weighted by atomic mass is 35.6. The molecule has 0 aromatic rings. The van der Waals surface area contributed by atoms with E-state index in [1.807, 2.05) is 5.32 Å². The van der Waals surface area contributed by atoms with Crippen LogP contribution in [0.5, 0.6) is 0 Å². The first-order chi connectivity index (χ1) is 24.3. The molecule has 7 aliphatic rings. The molecule has 2 spiro atoms. The number of rotatable bonds is 9. The third-order valence-corrected chi connectivity index (χ3v) is 16.7. The van der Waals surface area contributed by atoms with Crippen molar-refractivity contribution < 1.29 is 38.7 Å². The first-order valence-electron chi connectivity index (χ1n) is 19.8. The summed E-state index contributed by atoms with van der Waals surface area (Å²) < 4.78 is 21.7. The Labute approximate surface area is 324 Å². The summed E-state index contributed by atoms with van der Waals surface area (Å²) in [5, 5.41) is 24.5. The Morgan fingerprint density at radius 2 is 1.77 bits per heavy atom. The van der Waals surface area contributed by atoms with E-state index in [0.717, 1.165) is 52.0 Å². The minimum atomic E-state index is -2.31. The van der Waals surface area contributed by atoms with E-state index in [4.69, 9.17) is 53.8 Å². The van der Waals surface area contributed by atoms with Crippen molar-refractivity contribution >= 4 is 46.8 Å². The molecule has 2 aliphatic heterocycles. The standard InChI is InChI=1S/C39H61Cl3N2O8/c1-22-37-15-14-36(6)25(8-7-9-30(35(4,5)48)52-33(47)43-32(46)39(40,41)42)27(45)18-26(36)24(37)10-11-28-34(2,3)29(12-13-38(22,28)37)51-31-19-44(16-17-50-31)23-20-49-21-23/h22-31,45,48H,7-21H2,1-6H3,(H,43,46,47)/t22-,24-,25?,26?,27+,28?,29-,30-,31?,36+,37-,38?/m0/s1. The van der Waals surface area contributed by atoms with Crippen molar-refractivity contribution in [3.05, 3.63) is 0 Å². The average molecular weight is 792 g/mol. The van der Waals surface area contributed by atoms with Gasteiger partial charge in [-0.1, -0.05) is 62.5 Å². The zero-order valence-electron chi connectivity index (χ0n) is 31.8. The number of morpholine rings is 1. The maximum Gasteiger partial charge on any atom is 0.414 e. The van der Waals surface area contributed by atoms with E-state index in [9.17, 15) is 19.8 Å². The number of amides is 2. The van der Waals surface area contributed by atoms with Crippen LogP contribution < -0.4 is 5.32 Å². The number of nitrogens with zero attached hydrogens (tertiary/aromatic N) is 1. The van der Waals surface area contributed by atoms with Crippen molar-refractivity contribution in [3.8, 4) is 0 Å². The Hall–Kier alpha value is -0.430. The Bertz CT molecular complexity index is 1370. The summed E-state index contributed by atoms with van der Waals surface area (Å²) >= 11 is 16.7. The van der Waals surface area contributed by atoms with Crippen molar-refractivity contribution in [1.82, 2.24) is 10.2 Å². The zero-order valence-corrected chi connectivity index (χ0v) is 34.1. The predicted molar refractivity (Wildman–Crippen MR) is 198 cm³/mol. The molecule has 2 saturated heterocycles. The number of alkyl halides is 3. The molecular weight excluding hydrogens is 731 g/mol. The molecule has 7 rings (SSSR count). The molecular formula is C39H61Cl3N2O8. The second-order valence-electron chi connectivity index (χ2n) is 19.0. The molecule has 3 N–H and O–H groups in total. The third-order valence-electron chi connectivity index (χ3n) is 16.2. The number of nitrogens with one attached hydrogen (secondary N) is 1. The summed E-state index contributed by atoms with van der Waals surface area (Å²) in [7, 11) is 0. The Kier molecular flexibility index (Phi) is 10.6. The number of imide groups is 1. The van der Waals surface area contributed by atoms with E-state index in [1.54, 1.807) is 13.8 Å². The number of alkyl carbamates (subject to hydrolysis) is 1. The fourth-order valence-corrected chi connectivity index (χ4v) is 13.7. The molecule has 0 bridgehead atoms. The quantitative estimate of drug-likeness (QED) is 0.221. The molecule has 52 heavy (non-hydrogen) atoms. The van der Waals surface area contributed by atoms with Crippen LogP contribution in [0, 0.1) is 51.2 Å². The Morgan fingerprint density at radius 1 is 1.04 bits per heavy atom. The van der Waals surface area contributed by atoms with Gasteiger partial charge in [0.25, 0.3) is 9.70 Å². The maximum atomic E-state index is 12.5. The summed E-state index contributed by atoms with van der Waals surface area (Å²) in [6.45, 7) is 17.2. The van der Waals surface area contributed by atoms with Gasteiger partial charge in [0, 0.05) is 6.54 Å². The number of hydrogen-bond donors (Lipinski definition) is 3. The van der Waals surface area contributed by atoms with Gasteiger partial charge in [0.1, 0.15) is 6.10 Å². The van der Waals surface area contributed by atoms with Crippen LogP contribution in [0.4, 0.5) is 4.79 Å². The first-order valence-corrected chi connectivity index (χ1v) is 21.0.